The average molecular weight is 252 g/mol. The Morgan fingerprint density at radius 2 is 1.89 bits per heavy atom. The third-order valence-corrected chi connectivity index (χ3v) is 2.81. The standard InChI is InChI=1S/C14H12N4O/c15-11-6-7-13(16-9-11)18-14(19)8-12(17-18)10-4-2-1-3-5-10/h1-9,17H,15H2. The molecule has 0 radical (unpaired) electrons. The number of pyridine rings is 1. The van der Waals surface area contributed by atoms with Crippen molar-refractivity contribution in [1.82, 2.24) is 14.8 Å². The summed E-state index contributed by atoms with van der Waals surface area (Å²) in [6.45, 7) is 0. The van der Waals surface area contributed by atoms with E-state index in [9.17, 15) is 4.79 Å². The predicted molar refractivity (Wildman–Crippen MR) is 74.0 cm³/mol. The lowest BCUT2D eigenvalue weighted by molar-refractivity contribution is 0.822. The van der Waals surface area contributed by atoms with Crippen LogP contribution in [0.4, 0.5) is 5.69 Å². The Hall–Kier alpha value is -2.82. The molecule has 94 valence electrons. The lowest BCUT2D eigenvalue weighted by Crippen LogP contribution is -2.14. The van der Waals surface area contributed by atoms with E-state index in [1.807, 2.05) is 30.3 Å². The van der Waals surface area contributed by atoms with Crippen molar-refractivity contribution in [3.8, 4) is 17.1 Å². The van der Waals surface area contributed by atoms with Crippen molar-refractivity contribution in [3.05, 3.63) is 65.1 Å². The third kappa shape index (κ3) is 2.13. The molecule has 3 N–H and O–H groups in total. The summed E-state index contributed by atoms with van der Waals surface area (Å²) in [5, 5.41) is 3.03. The van der Waals surface area contributed by atoms with Crippen LogP contribution in [0, 0.1) is 0 Å². The van der Waals surface area contributed by atoms with Gasteiger partial charge in [-0.05, 0) is 17.7 Å². The second-order valence-corrected chi connectivity index (χ2v) is 4.16. The topological polar surface area (TPSA) is 76.7 Å². The fourth-order valence-corrected chi connectivity index (χ4v) is 1.86. The fourth-order valence-electron chi connectivity index (χ4n) is 1.86. The molecule has 2 heterocycles. The van der Waals surface area contributed by atoms with Crippen LogP contribution in [0.5, 0.6) is 0 Å². The molecule has 0 aliphatic rings. The Labute approximate surface area is 109 Å². The van der Waals surface area contributed by atoms with Crippen molar-refractivity contribution in [3.63, 3.8) is 0 Å². The predicted octanol–water partition coefficient (Wildman–Crippen LogP) is 1.81. The number of hydrogen-bond donors (Lipinski definition) is 2. The van der Waals surface area contributed by atoms with E-state index in [0.29, 0.717) is 11.5 Å². The molecule has 3 aromatic rings. The highest BCUT2D eigenvalue weighted by Crippen LogP contribution is 2.15. The molecule has 2 aromatic heterocycles. The fraction of sp³-hybridized carbons (Fsp3) is 0. The second kappa shape index (κ2) is 4.45. The summed E-state index contributed by atoms with van der Waals surface area (Å²) in [6.07, 6.45) is 1.52. The van der Waals surface area contributed by atoms with Crippen molar-refractivity contribution in [2.75, 3.05) is 5.73 Å². The van der Waals surface area contributed by atoms with Crippen molar-refractivity contribution in [2.24, 2.45) is 0 Å². The summed E-state index contributed by atoms with van der Waals surface area (Å²) in [7, 11) is 0. The minimum absolute atomic E-state index is 0.156. The summed E-state index contributed by atoms with van der Waals surface area (Å²) in [5.41, 5.74) is 7.69. The molecular formula is C14H12N4O. The van der Waals surface area contributed by atoms with Crippen LogP contribution in [0.15, 0.2) is 59.5 Å². The van der Waals surface area contributed by atoms with Crippen LogP contribution in [0.1, 0.15) is 0 Å². The smallest absolute Gasteiger partial charge is 0.273 e. The van der Waals surface area contributed by atoms with E-state index in [4.69, 9.17) is 5.73 Å². The van der Waals surface area contributed by atoms with Gasteiger partial charge in [-0.2, -0.15) is 0 Å². The molecule has 0 fully saturated rings. The molecule has 0 atom stereocenters. The van der Waals surface area contributed by atoms with E-state index < -0.39 is 0 Å². The van der Waals surface area contributed by atoms with Gasteiger partial charge in [-0.15, -0.1) is 0 Å². The first kappa shape index (κ1) is 11.3. The molecule has 0 saturated carbocycles. The summed E-state index contributed by atoms with van der Waals surface area (Å²) in [6, 6.07) is 14.6. The number of benzene rings is 1. The van der Waals surface area contributed by atoms with Gasteiger partial charge >= 0.3 is 0 Å². The Morgan fingerprint density at radius 3 is 2.58 bits per heavy atom. The van der Waals surface area contributed by atoms with Crippen molar-refractivity contribution in [1.29, 1.82) is 0 Å². The van der Waals surface area contributed by atoms with Crippen LogP contribution in [0.25, 0.3) is 17.1 Å². The Bertz CT molecular complexity index is 741. The third-order valence-electron chi connectivity index (χ3n) is 2.81. The molecule has 1 aromatic carbocycles. The Kier molecular flexibility index (Phi) is 2.64. The molecule has 0 saturated heterocycles. The monoisotopic (exact) mass is 252 g/mol. The zero-order valence-corrected chi connectivity index (χ0v) is 10.1. The largest absolute Gasteiger partial charge is 0.397 e. The normalized spacial score (nSPS) is 10.5. The van der Waals surface area contributed by atoms with Crippen molar-refractivity contribution in [2.45, 2.75) is 0 Å². The number of rotatable bonds is 2. The van der Waals surface area contributed by atoms with Gasteiger partial charge in [-0.25, -0.2) is 9.67 Å². The second-order valence-electron chi connectivity index (χ2n) is 4.16. The van der Waals surface area contributed by atoms with Gasteiger partial charge in [0.1, 0.15) is 0 Å². The van der Waals surface area contributed by atoms with E-state index >= 15 is 0 Å². The zero-order valence-electron chi connectivity index (χ0n) is 10.1. The Balaban J connectivity index is 2.08. The minimum Gasteiger partial charge on any atom is -0.397 e. The molecule has 0 spiro atoms. The first-order chi connectivity index (χ1) is 9.24. The van der Waals surface area contributed by atoms with Gasteiger partial charge in [0.15, 0.2) is 5.82 Å². The van der Waals surface area contributed by atoms with Crippen molar-refractivity contribution < 1.29 is 0 Å². The molecular weight excluding hydrogens is 240 g/mol. The van der Waals surface area contributed by atoms with Crippen LogP contribution < -0.4 is 11.3 Å². The van der Waals surface area contributed by atoms with E-state index in [0.717, 1.165) is 11.3 Å². The molecule has 5 heteroatoms. The van der Waals surface area contributed by atoms with E-state index in [1.54, 1.807) is 18.2 Å². The number of nitrogen functional groups attached to an aromatic ring is 1. The van der Waals surface area contributed by atoms with Gasteiger partial charge in [-0.1, -0.05) is 30.3 Å². The maximum absolute atomic E-state index is 12.0. The highest BCUT2D eigenvalue weighted by atomic mass is 16.1. The number of nitrogens with zero attached hydrogens (tertiary/aromatic N) is 2. The highest BCUT2D eigenvalue weighted by molar-refractivity contribution is 5.58. The molecule has 0 unspecified atom stereocenters. The molecule has 19 heavy (non-hydrogen) atoms. The Morgan fingerprint density at radius 1 is 1.11 bits per heavy atom. The van der Waals surface area contributed by atoms with Crippen LogP contribution in [0.3, 0.4) is 0 Å². The van der Waals surface area contributed by atoms with E-state index in [1.165, 1.54) is 10.9 Å². The summed E-state index contributed by atoms with van der Waals surface area (Å²) >= 11 is 0. The number of nitrogens with two attached hydrogens (primary N) is 1. The summed E-state index contributed by atoms with van der Waals surface area (Å²) < 4.78 is 1.39. The maximum atomic E-state index is 12.0. The minimum atomic E-state index is -0.156. The lowest BCUT2D eigenvalue weighted by atomic mass is 10.2. The van der Waals surface area contributed by atoms with E-state index in [2.05, 4.69) is 10.1 Å². The average Bonchev–Trinajstić information content (AvgIpc) is 2.83. The summed E-state index contributed by atoms with van der Waals surface area (Å²) in [4.78, 5) is 16.1. The first-order valence-electron chi connectivity index (χ1n) is 5.83. The van der Waals surface area contributed by atoms with E-state index in [-0.39, 0.29) is 5.56 Å². The quantitative estimate of drug-likeness (QED) is 0.730. The summed E-state index contributed by atoms with van der Waals surface area (Å²) in [5.74, 6) is 0.515. The number of aromatic nitrogens is 3. The number of H-pyrrole nitrogens is 1. The van der Waals surface area contributed by atoms with Crippen LogP contribution in [-0.4, -0.2) is 14.8 Å². The SMILES string of the molecule is Nc1ccc(-n2[nH]c(-c3ccccc3)cc2=O)nc1. The number of nitrogens with one attached hydrogen (secondary N) is 1. The van der Waals surface area contributed by atoms with Crippen LogP contribution in [-0.2, 0) is 0 Å². The van der Waals surface area contributed by atoms with Gasteiger partial charge in [-0.3, -0.25) is 9.89 Å². The first-order valence-corrected chi connectivity index (χ1v) is 5.83. The number of hydrogen-bond acceptors (Lipinski definition) is 3. The highest BCUT2D eigenvalue weighted by Gasteiger charge is 2.07. The molecule has 0 amide bonds. The van der Waals surface area contributed by atoms with Crippen LogP contribution in [0.2, 0.25) is 0 Å². The molecule has 0 bridgehead atoms. The van der Waals surface area contributed by atoms with Gasteiger partial charge in [0.05, 0.1) is 17.6 Å². The zero-order chi connectivity index (χ0) is 13.2. The van der Waals surface area contributed by atoms with Gasteiger partial charge in [0, 0.05) is 6.07 Å². The van der Waals surface area contributed by atoms with Crippen LogP contribution >= 0.6 is 0 Å². The molecule has 0 aliphatic carbocycles. The number of anilines is 1. The lowest BCUT2D eigenvalue weighted by Gasteiger charge is -2.01. The van der Waals surface area contributed by atoms with Gasteiger partial charge in [0.25, 0.3) is 5.56 Å². The van der Waals surface area contributed by atoms with Gasteiger partial charge < -0.3 is 5.73 Å². The van der Waals surface area contributed by atoms with Crippen molar-refractivity contribution >= 4 is 5.69 Å². The number of aromatic amines is 1. The molecule has 5 nitrogen and oxygen atoms in total. The molecule has 0 aliphatic heterocycles. The molecule has 3 rings (SSSR count). The maximum Gasteiger partial charge on any atom is 0.273 e. The van der Waals surface area contributed by atoms with Gasteiger partial charge in [0.2, 0.25) is 0 Å².